The Labute approximate surface area is 77.1 Å². The fraction of sp³-hybridized carbons (Fsp3) is 0.625. The van der Waals surface area contributed by atoms with Gasteiger partial charge in [0.2, 0.25) is 5.91 Å². The summed E-state index contributed by atoms with van der Waals surface area (Å²) in [6, 6.07) is 0. The molecule has 0 spiro atoms. The third-order valence-corrected chi connectivity index (χ3v) is 1.56. The highest BCUT2D eigenvalue weighted by Gasteiger charge is 1.99. The summed E-state index contributed by atoms with van der Waals surface area (Å²) in [6.45, 7) is 4.89. The van der Waals surface area contributed by atoms with Crippen LogP contribution >= 0.6 is 0 Å². The Morgan fingerprint density at radius 2 is 2.46 bits per heavy atom. The molecule has 1 aromatic rings. The molecule has 0 unspecified atom stereocenters. The van der Waals surface area contributed by atoms with Gasteiger partial charge in [-0.25, -0.2) is 0 Å². The molecule has 0 aliphatic carbocycles. The number of carbonyl (C=O) groups excluding carboxylic acids is 1. The van der Waals surface area contributed by atoms with E-state index >= 15 is 0 Å². The van der Waals surface area contributed by atoms with Gasteiger partial charge < -0.3 is 5.32 Å². The second kappa shape index (κ2) is 4.59. The lowest BCUT2D eigenvalue weighted by Crippen LogP contribution is -2.19. The maximum Gasteiger partial charge on any atom is 0.217 e. The summed E-state index contributed by atoms with van der Waals surface area (Å²) in [4.78, 5) is 10.6. The second-order valence-corrected chi connectivity index (χ2v) is 2.88. The fourth-order valence-electron chi connectivity index (χ4n) is 0.973. The van der Waals surface area contributed by atoms with Crippen molar-refractivity contribution in [1.29, 1.82) is 0 Å². The zero-order valence-corrected chi connectivity index (χ0v) is 7.95. The van der Waals surface area contributed by atoms with Gasteiger partial charge in [-0.2, -0.15) is 0 Å². The van der Waals surface area contributed by atoms with Crippen LogP contribution in [0.15, 0.2) is 6.20 Å². The average molecular weight is 182 g/mol. The van der Waals surface area contributed by atoms with E-state index in [9.17, 15) is 4.79 Å². The van der Waals surface area contributed by atoms with Gasteiger partial charge in [0.25, 0.3) is 0 Å². The van der Waals surface area contributed by atoms with E-state index in [0.29, 0.717) is 6.54 Å². The number of aromatic nitrogens is 3. The van der Waals surface area contributed by atoms with Crippen molar-refractivity contribution in [2.75, 3.05) is 0 Å². The molecule has 0 radical (unpaired) electrons. The van der Waals surface area contributed by atoms with E-state index in [2.05, 4.69) is 22.6 Å². The van der Waals surface area contributed by atoms with Crippen molar-refractivity contribution < 1.29 is 4.79 Å². The Morgan fingerprint density at radius 1 is 1.69 bits per heavy atom. The maximum atomic E-state index is 10.6. The number of amides is 1. The minimum Gasteiger partial charge on any atom is -0.351 e. The lowest BCUT2D eigenvalue weighted by molar-refractivity contribution is -0.119. The van der Waals surface area contributed by atoms with Crippen molar-refractivity contribution in [2.24, 2.45) is 0 Å². The van der Waals surface area contributed by atoms with Crippen LogP contribution in [-0.2, 0) is 17.9 Å². The Morgan fingerprint density at radius 3 is 3.08 bits per heavy atom. The number of carbonyl (C=O) groups is 1. The predicted octanol–water partition coefficient (Wildman–Crippen LogP) is 0.324. The molecule has 0 aliphatic rings. The molecule has 1 rings (SSSR count). The van der Waals surface area contributed by atoms with Crippen molar-refractivity contribution in [3.05, 3.63) is 11.9 Å². The highest BCUT2D eigenvalue weighted by Crippen LogP contribution is 1.93. The quantitative estimate of drug-likeness (QED) is 0.729. The second-order valence-electron chi connectivity index (χ2n) is 2.88. The lowest BCUT2D eigenvalue weighted by Gasteiger charge is -1.95. The topological polar surface area (TPSA) is 59.8 Å². The molecular weight excluding hydrogens is 168 g/mol. The van der Waals surface area contributed by atoms with Crippen molar-refractivity contribution >= 4 is 5.91 Å². The Kier molecular flexibility index (Phi) is 3.42. The number of hydrogen-bond acceptors (Lipinski definition) is 3. The normalized spacial score (nSPS) is 10.0. The molecule has 5 heteroatoms. The van der Waals surface area contributed by atoms with Crippen LogP contribution in [0, 0.1) is 0 Å². The third kappa shape index (κ3) is 3.23. The largest absolute Gasteiger partial charge is 0.351 e. The fourth-order valence-corrected chi connectivity index (χ4v) is 0.973. The highest BCUT2D eigenvalue weighted by atomic mass is 16.1. The van der Waals surface area contributed by atoms with Crippen LogP contribution in [0.2, 0.25) is 0 Å². The Balaban J connectivity index is 2.44. The van der Waals surface area contributed by atoms with Gasteiger partial charge in [0.1, 0.15) is 5.69 Å². The standard InChI is InChI=1S/C8H14N4O/c1-3-4-12-6-8(10-11-12)5-9-7(2)13/h6H,3-5H2,1-2H3,(H,9,13). The monoisotopic (exact) mass is 182 g/mol. The molecule has 5 nitrogen and oxygen atoms in total. The van der Waals surface area contributed by atoms with Crippen molar-refractivity contribution in [2.45, 2.75) is 33.4 Å². The van der Waals surface area contributed by atoms with Gasteiger partial charge in [-0.05, 0) is 6.42 Å². The summed E-state index contributed by atoms with van der Waals surface area (Å²) in [5.41, 5.74) is 0.795. The molecule has 1 heterocycles. The van der Waals surface area contributed by atoms with Crippen LogP contribution in [0.4, 0.5) is 0 Å². The summed E-state index contributed by atoms with van der Waals surface area (Å²) in [5, 5.41) is 10.5. The average Bonchev–Trinajstić information content (AvgIpc) is 2.50. The van der Waals surface area contributed by atoms with Gasteiger partial charge in [0.15, 0.2) is 0 Å². The molecule has 1 aromatic heterocycles. The van der Waals surface area contributed by atoms with E-state index in [1.165, 1.54) is 6.92 Å². The molecule has 0 saturated carbocycles. The summed E-state index contributed by atoms with van der Waals surface area (Å²) in [6.07, 6.45) is 2.88. The van der Waals surface area contributed by atoms with Crippen LogP contribution in [0.3, 0.4) is 0 Å². The number of rotatable bonds is 4. The van der Waals surface area contributed by atoms with E-state index in [4.69, 9.17) is 0 Å². The molecule has 13 heavy (non-hydrogen) atoms. The number of nitrogens with zero attached hydrogens (tertiary/aromatic N) is 3. The first-order valence-electron chi connectivity index (χ1n) is 4.36. The Bertz CT molecular complexity index is 281. The summed E-state index contributed by atoms with van der Waals surface area (Å²) in [5.74, 6) is -0.0509. The van der Waals surface area contributed by atoms with Crippen LogP contribution in [0.1, 0.15) is 26.0 Å². The van der Waals surface area contributed by atoms with Crippen LogP contribution in [-0.4, -0.2) is 20.9 Å². The zero-order chi connectivity index (χ0) is 9.68. The summed E-state index contributed by atoms with van der Waals surface area (Å²) >= 11 is 0. The molecule has 72 valence electrons. The molecular formula is C8H14N4O. The first-order valence-corrected chi connectivity index (χ1v) is 4.36. The van der Waals surface area contributed by atoms with E-state index in [1.54, 1.807) is 4.68 Å². The molecule has 1 amide bonds. The van der Waals surface area contributed by atoms with Gasteiger partial charge in [-0.15, -0.1) is 5.10 Å². The summed E-state index contributed by atoms with van der Waals surface area (Å²) < 4.78 is 1.77. The van der Waals surface area contributed by atoms with E-state index in [-0.39, 0.29) is 5.91 Å². The van der Waals surface area contributed by atoms with Gasteiger partial charge in [0.05, 0.1) is 12.7 Å². The SMILES string of the molecule is CCCn1cc(CNC(C)=O)nn1. The van der Waals surface area contributed by atoms with E-state index in [1.807, 2.05) is 6.20 Å². The zero-order valence-electron chi connectivity index (χ0n) is 7.95. The molecule has 0 atom stereocenters. The maximum absolute atomic E-state index is 10.6. The van der Waals surface area contributed by atoms with Gasteiger partial charge >= 0.3 is 0 Å². The van der Waals surface area contributed by atoms with Crippen LogP contribution in [0.5, 0.6) is 0 Å². The van der Waals surface area contributed by atoms with Gasteiger partial charge in [-0.1, -0.05) is 12.1 Å². The summed E-state index contributed by atoms with van der Waals surface area (Å²) in [7, 11) is 0. The van der Waals surface area contributed by atoms with Crippen LogP contribution in [0.25, 0.3) is 0 Å². The predicted molar refractivity (Wildman–Crippen MR) is 47.8 cm³/mol. The minimum atomic E-state index is -0.0509. The molecule has 0 bridgehead atoms. The first-order chi connectivity index (χ1) is 6.22. The Hall–Kier alpha value is -1.39. The molecule has 0 aromatic carbocycles. The van der Waals surface area contributed by atoms with E-state index in [0.717, 1.165) is 18.7 Å². The molecule has 0 aliphatic heterocycles. The number of aryl methyl sites for hydroxylation is 1. The number of nitrogens with one attached hydrogen (secondary N) is 1. The van der Waals surface area contributed by atoms with E-state index < -0.39 is 0 Å². The highest BCUT2D eigenvalue weighted by molar-refractivity contribution is 5.72. The van der Waals surface area contributed by atoms with Gasteiger partial charge in [-0.3, -0.25) is 9.48 Å². The molecule has 0 saturated heterocycles. The van der Waals surface area contributed by atoms with Crippen molar-refractivity contribution in [1.82, 2.24) is 20.3 Å². The lowest BCUT2D eigenvalue weighted by atomic mass is 10.4. The molecule has 0 fully saturated rings. The minimum absolute atomic E-state index is 0.0509. The van der Waals surface area contributed by atoms with Crippen molar-refractivity contribution in [3.63, 3.8) is 0 Å². The third-order valence-electron chi connectivity index (χ3n) is 1.56. The first kappa shape index (κ1) is 9.70. The number of hydrogen-bond donors (Lipinski definition) is 1. The molecule has 1 N–H and O–H groups in total. The van der Waals surface area contributed by atoms with Crippen LogP contribution < -0.4 is 5.32 Å². The van der Waals surface area contributed by atoms with Gasteiger partial charge in [0, 0.05) is 13.5 Å². The smallest absolute Gasteiger partial charge is 0.217 e. The van der Waals surface area contributed by atoms with Crippen molar-refractivity contribution in [3.8, 4) is 0 Å².